The van der Waals surface area contributed by atoms with Crippen LogP contribution in [0.15, 0.2) is 24.3 Å². The number of para-hydroxylation sites is 1. The molecule has 0 radical (unpaired) electrons. The first-order valence-corrected chi connectivity index (χ1v) is 4.02. The van der Waals surface area contributed by atoms with Crippen molar-refractivity contribution in [3.8, 4) is 5.75 Å². The summed E-state index contributed by atoms with van der Waals surface area (Å²) in [6.45, 7) is 0.798. The van der Waals surface area contributed by atoms with Gasteiger partial charge < -0.3 is 16.2 Å². The van der Waals surface area contributed by atoms with Crippen molar-refractivity contribution in [2.75, 3.05) is 13.1 Å². The summed E-state index contributed by atoms with van der Waals surface area (Å²) in [6.07, 6.45) is 0. The zero-order chi connectivity index (χ0) is 9.68. The number of rotatable bonds is 3. The maximum absolute atomic E-state index is 11.3. The number of phenols is 1. The van der Waals surface area contributed by atoms with E-state index >= 15 is 0 Å². The van der Waals surface area contributed by atoms with Gasteiger partial charge in [0.15, 0.2) is 0 Å². The maximum atomic E-state index is 11.3. The van der Waals surface area contributed by atoms with Crippen molar-refractivity contribution in [1.82, 2.24) is 5.32 Å². The highest BCUT2D eigenvalue weighted by molar-refractivity contribution is 5.96. The van der Waals surface area contributed by atoms with Gasteiger partial charge in [-0.2, -0.15) is 0 Å². The first-order chi connectivity index (χ1) is 6.25. The fourth-order valence-corrected chi connectivity index (χ4v) is 0.947. The van der Waals surface area contributed by atoms with E-state index in [1.807, 2.05) is 0 Å². The average Bonchev–Trinajstić information content (AvgIpc) is 2.15. The minimum absolute atomic E-state index is 0. The third-order valence-electron chi connectivity index (χ3n) is 1.58. The molecule has 0 fully saturated rings. The predicted molar refractivity (Wildman–Crippen MR) is 56.7 cm³/mol. The van der Waals surface area contributed by atoms with Gasteiger partial charge in [0.25, 0.3) is 5.91 Å². The van der Waals surface area contributed by atoms with Crippen LogP contribution >= 0.6 is 12.4 Å². The summed E-state index contributed by atoms with van der Waals surface area (Å²) in [4.78, 5) is 11.3. The molecule has 0 unspecified atom stereocenters. The largest absolute Gasteiger partial charge is 0.507 e. The van der Waals surface area contributed by atoms with Crippen LogP contribution in [0, 0.1) is 0 Å². The van der Waals surface area contributed by atoms with Crippen molar-refractivity contribution in [3.63, 3.8) is 0 Å². The van der Waals surface area contributed by atoms with Crippen LogP contribution in [0.2, 0.25) is 0 Å². The van der Waals surface area contributed by atoms with E-state index in [-0.39, 0.29) is 29.6 Å². The molecule has 0 spiro atoms. The number of hydrogen-bond donors (Lipinski definition) is 3. The molecule has 0 aliphatic rings. The van der Waals surface area contributed by atoms with Crippen LogP contribution in [0.3, 0.4) is 0 Å². The smallest absolute Gasteiger partial charge is 0.255 e. The van der Waals surface area contributed by atoms with E-state index in [0.717, 1.165) is 0 Å². The van der Waals surface area contributed by atoms with Gasteiger partial charge in [-0.3, -0.25) is 4.79 Å². The zero-order valence-electron chi connectivity index (χ0n) is 7.56. The molecule has 0 bridgehead atoms. The van der Waals surface area contributed by atoms with Crippen LogP contribution < -0.4 is 11.1 Å². The Kier molecular flexibility index (Phi) is 5.67. The van der Waals surface area contributed by atoms with E-state index in [1.165, 1.54) is 6.07 Å². The number of benzene rings is 1. The molecule has 0 aliphatic heterocycles. The van der Waals surface area contributed by atoms with Gasteiger partial charge in [0.2, 0.25) is 0 Å². The van der Waals surface area contributed by atoms with Crippen LogP contribution in [0.4, 0.5) is 0 Å². The molecule has 1 amide bonds. The van der Waals surface area contributed by atoms with Gasteiger partial charge in [-0.1, -0.05) is 12.1 Å². The first kappa shape index (κ1) is 12.7. The highest BCUT2D eigenvalue weighted by atomic mass is 35.5. The Balaban J connectivity index is 0.00000169. The molecular formula is C9H13ClN2O2. The van der Waals surface area contributed by atoms with Crippen LogP contribution in [-0.2, 0) is 0 Å². The van der Waals surface area contributed by atoms with Crippen molar-refractivity contribution in [2.45, 2.75) is 0 Å². The number of hydrogen-bond acceptors (Lipinski definition) is 3. The number of phenolic OH excluding ortho intramolecular Hbond substituents is 1. The Morgan fingerprint density at radius 3 is 2.64 bits per heavy atom. The summed E-state index contributed by atoms with van der Waals surface area (Å²) in [7, 11) is 0. The Labute approximate surface area is 88.5 Å². The molecule has 4 N–H and O–H groups in total. The number of carbonyl (C=O) groups is 1. The lowest BCUT2D eigenvalue weighted by atomic mass is 10.2. The van der Waals surface area contributed by atoms with Crippen molar-refractivity contribution >= 4 is 18.3 Å². The fourth-order valence-electron chi connectivity index (χ4n) is 0.947. The van der Waals surface area contributed by atoms with E-state index in [9.17, 15) is 9.90 Å². The van der Waals surface area contributed by atoms with Crippen LogP contribution in [0.25, 0.3) is 0 Å². The third kappa shape index (κ3) is 3.24. The molecule has 1 rings (SSSR count). The molecule has 0 saturated carbocycles. The highest BCUT2D eigenvalue weighted by Gasteiger charge is 2.07. The monoisotopic (exact) mass is 216 g/mol. The summed E-state index contributed by atoms with van der Waals surface area (Å²) in [5, 5.41) is 11.9. The van der Waals surface area contributed by atoms with Gasteiger partial charge in [-0.15, -0.1) is 12.4 Å². The number of carbonyl (C=O) groups excluding carboxylic acids is 1. The molecule has 0 saturated heterocycles. The predicted octanol–water partition coefficient (Wildman–Crippen LogP) is 0.502. The molecule has 1 aromatic rings. The standard InChI is InChI=1S/C9H12N2O2.ClH/c10-5-6-11-9(13)7-3-1-2-4-8(7)12;/h1-4,12H,5-6,10H2,(H,11,13);1H. The van der Waals surface area contributed by atoms with E-state index in [0.29, 0.717) is 13.1 Å². The van der Waals surface area contributed by atoms with Gasteiger partial charge >= 0.3 is 0 Å². The van der Waals surface area contributed by atoms with Crippen LogP contribution in [0.1, 0.15) is 10.4 Å². The lowest BCUT2D eigenvalue weighted by Gasteiger charge is -2.04. The molecule has 1 aromatic carbocycles. The van der Waals surface area contributed by atoms with Crippen molar-refractivity contribution < 1.29 is 9.90 Å². The number of halogens is 1. The van der Waals surface area contributed by atoms with E-state index in [2.05, 4.69) is 5.32 Å². The lowest BCUT2D eigenvalue weighted by molar-refractivity contribution is 0.0952. The van der Waals surface area contributed by atoms with Crippen molar-refractivity contribution in [3.05, 3.63) is 29.8 Å². The minimum Gasteiger partial charge on any atom is -0.507 e. The summed E-state index contributed by atoms with van der Waals surface area (Å²) >= 11 is 0. The first-order valence-electron chi connectivity index (χ1n) is 4.02. The minimum atomic E-state index is -0.302. The average molecular weight is 217 g/mol. The molecule has 5 heteroatoms. The SMILES string of the molecule is Cl.NCCNC(=O)c1ccccc1O. The second-order valence-electron chi connectivity index (χ2n) is 2.56. The van der Waals surface area contributed by atoms with E-state index < -0.39 is 0 Å². The van der Waals surface area contributed by atoms with E-state index in [4.69, 9.17) is 5.73 Å². The summed E-state index contributed by atoms with van der Waals surface area (Å²) in [6, 6.07) is 6.38. The molecular weight excluding hydrogens is 204 g/mol. The molecule has 14 heavy (non-hydrogen) atoms. The summed E-state index contributed by atoms with van der Waals surface area (Å²) in [5.41, 5.74) is 5.49. The number of nitrogens with one attached hydrogen (secondary N) is 1. The topological polar surface area (TPSA) is 75.3 Å². The summed E-state index contributed by atoms with van der Waals surface area (Å²) < 4.78 is 0. The lowest BCUT2D eigenvalue weighted by Crippen LogP contribution is -2.28. The Hall–Kier alpha value is -1.26. The number of aromatic hydroxyl groups is 1. The molecule has 0 aliphatic carbocycles. The van der Waals surface area contributed by atoms with Gasteiger partial charge in [-0.25, -0.2) is 0 Å². The van der Waals surface area contributed by atoms with Gasteiger partial charge in [0.05, 0.1) is 5.56 Å². The van der Waals surface area contributed by atoms with Gasteiger partial charge in [-0.05, 0) is 12.1 Å². The van der Waals surface area contributed by atoms with Crippen molar-refractivity contribution in [2.24, 2.45) is 5.73 Å². The second-order valence-corrected chi connectivity index (χ2v) is 2.56. The van der Waals surface area contributed by atoms with E-state index in [1.54, 1.807) is 18.2 Å². The number of nitrogens with two attached hydrogens (primary N) is 1. The van der Waals surface area contributed by atoms with Crippen LogP contribution in [0.5, 0.6) is 5.75 Å². The fraction of sp³-hybridized carbons (Fsp3) is 0.222. The van der Waals surface area contributed by atoms with Gasteiger partial charge in [0.1, 0.15) is 5.75 Å². The molecule has 4 nitrogen and oxygen atoms in total. The van der Waals surface area contributed by atoms with Gasteiger partial charge in [0, 0.05) is 13.1 Å². The molecule has 0 aromatic heterocycles. The second kappa shape index (κ2) is 6.23. The maximum Gasteiger partial charge on any atom is 0.255 e. The van der Waals surface area contributed by atoms with Crippen LogP contribution in [-0.4, -0.2) is 24.1 Å². The highest BCUT2D eigenvalue weighted by Crippen LogP contribution is 2.14. The summed E-state index contributed by atoms with van der Waals surface area (Å²) in [5.74, 6) is -0.319. The zero-order valence-corrected chi connectivity index (χ0v) is 8.38. The molecule has 0 heterocycles. The molecule has 0 atom stereocenters. The van der Waals surface area contributed by atoms with Crippen molar-refractivity contribution in [1.29, 1.82) is 0 Å². The Morgan fingerprint density at radius 1 is 1.43 bits per heavy atom. The normalized spacial score (nSPS) is 8.93. The Morgan fingerprint density at radius 2 is 2.07 bits per heavy atom. The Bertz CT molecular complexity index is 305. The third-order valence-corrected chi connectivity index (χ3v) is 1.58. The number of amides is 1. The quantitative estimate of drug-likeness (QED) is 0.689. The molecule has 78 valence electrons.